The Morgan fingerprint density at radius 1 is 1.00 bits per heavy atom. The van der Waals surface area contributed by atoms with Crippen LogP contribution in [-0.4, -0.2) is 42.3 Å². The summed E-state index contributed by atoms with van der Waals surface area (Å²) >= 11 is 0. The van der Waals surface area contributed by atoms with Gasteiger partial charge in [-0.05, 0) is 40.5 Å². The highest BCUT2D eigenvalue weighted by atomic mass is 16.5. The number of hydrogen-bond acceptors (Lipinski definition) is 4. The Kier molecular flexibility index (Phi) is 8.68. The summed E-state index contributed by atoms with van der Waals surface area (Å²) in [7, 11) is 0. The second kappa shape index (κ2) is 11.7. The molecule has 0 spiro atoms. The molecular formula is C27H34N2O5. The third-order valence-electron chi connectivity index (χ3n) is 6.27. The van der Waals surface area contributed by atoms with Gasteiger partial charge in [-0.25, -0.2) is 9.59 Å². The van der Waals surface area contributed by atoms with Crippen molar-refractivity contribution in [1.29, 1.82) is 0 Å². The molecule has 34 heavy (non-hydrogen) atoms. The van der Waals surface area contributed by atoms with E-state index in [-0.39, 0.29) is 43.2 Å². The molecule has 0 fully saturated rings. The van der Waals surface area contributed by atoms with Gasteiger partial charge in [0.2, 0.25) is 5.91 Å². The Morgan fingerprint density at radius 2 is 1.59 bits per heavy atom. The zero-order valence-electron chi connectivity index (χ0n) is 20.0. The van der Waals surface area contributed by atoms with Crippen LogP contribution in [0.5, 0.6) is 0 Å². The van der Waals surface area contributed by atoms with Gasteiger partial charge in [0.25, 0.3) is 0 Å². The first-order valence-corrected chi connectivity index (χ1v) is 11.9. The summed E-state index contributed by atoms with van der Waals surface area (Å²) in [5.41, 5.74) is 4.63. The fourth-order valence-corrected chi connectivity index (χ4v) is 4.45. The molecule has 1 unspecified atom stereocenters. The summed E-state index contributed by atoms with van der Waals surface area (Å²) in [6.07, 6.45) is 0.653. The quantitative estimate of drug-likeness (QED) is 0.450. The van der Waals surface area contributed by atoms with Crippen molar-refractivity contribution in [1.82, 2.24) is 10.6 Å². The van der Waals surface area contributed by atoms with Crippen LogP contribution in [0.4, 0.5) is 4.79 Å². The molecule has 0 saturated carbocycles. The second-order valence-corrected chi connectivity index (χ2v) is 9.27. The van der Waals surface area contributed by atoms with Crippen molar-refractivity contribution in [3.05, 3.63) is 59.7 Å². The molecule has 1 aliphatic rings. The van der Waals surface area contributed by atoms with E-state index < -0.39 is 18.1 Å². The third kappa shape index (κ3) is 6.37. The number of aliphatic carboxylic acids is 1. The number of ether oxygens (including phenoxy) is 1. The summed E-state index contributed by atoms with van der Waals surface area (Å²) in [4.78, 5) is 36.2. The number of amides is 2. The van der Waals surface area contributed by atoms with Gasteiger partial charge in [-0.15, -0.1) is 0 Å². The number of hydrogen-bond donors (Lipinski definition) is 3. The van der Waals surface area contributed by atoms with E-state index in [4.69, 9.17) is 4.74 Å². The van der Waals surface area contributed by atoms with Gasteiger partial charge in [0, 0.05) is 18.9 Å². The molecule has 3 N–H and O–H groups in total. The van der Waals surface area contributed by atoms with Gasteiger partial charge in [-0.3, -0.25) is 4.79 Å². The smallest absolute Gasteiger partial charge is 0.407 e. The van der Waals surface area contributed by atoms with E-state index >= 15 is 0 Å². The van der Waals surface area contributed by atoms with Gasteiger partial charge >= 0.3 is 12.1 Å². The highest BCUT2D eigenvalue weighted by Gasteiger charge is 2.29. The fraction of sp³-hybridized carbons (Fsp3) is 0.444. The number of alkyl carbamates (subject to hydrolysis) is 1. The monoisotopic (exact) mass is 466 g/mol. The normalized spacial score (nSPS) is 14.1. The summed E-state index contributed by atoms with van der Waals surface area (Å²) in [6, 6.07) is 15.4. The molecule has 7 heteroatoms. The number of carbonyl (C=O) groups excluding carboxylic acids is 2. The highest BCUT2D eigenvalue weighted by molar-refractivity contribution is 5.83. The van der Waals surface area contributed by atoms with Crippen LogP contribution in [0.25, 0.3) is 11.1 Å². The maximum absolute atomic E-state index is 12.4. The van der Waals surface area contributed by atoms with E-state index in [2.05, 4.69) is 34.9 Å². The summed E-state index contributed by atoms with van der Waals surface area (Å²) in [5, 5.41) is 14.7. The third-order valence-corrected chi connectivity index (χ3v) is 6.27. The number of carboxylic acids is 1. The Morgan fingerprint density at radius 3 is 2.12 bits per heavy atom. The molecule has 0 aromatic heterocycles. The maximum Gasteiger partial charge on any atom is 0.407 e. The fourth-order valence-electron chi connectivity index (χ4n) is 4.45. The van der Waals surface area contributed by atoms with Crippen molar-refractivity contribution in [2.75, 3.05) is 13.2 Å². The molecule has 182 valence electrons. The summed E-state index contributed by atoms with van der Waals surface area (Å²) in [5.74, 6) is -1.34. The molecule has 0 bridgehead atoms. The van der Waals surface area contributed by atoms with Crippen molar-refractivity contribution < 1.29 is 24.2 Å². The van der Waals surface area contributed by atoms with Gasteiger partial charge in [-0.2, -0.15) is 0 Å². The minimum atomic E-state index is -1.04. The highest BCUT2D eigenvalue weighted by Crippen LogP contribution is 2.44. The molecule has 1 aliphatic carbocycles. The molecule has 2 aromatic rings. The maximum atomic E-state index is 12.4. The zero-order valence-corrected chi connectivity index (χ0v) is 20.0. The average molecular weight is 467 g/mol. The predicted octanol–water partition coefficient (Wildman–Crippen LogP) is 4.56. The number of carbonyl (C=O) groups is 3. The van der Waals surface area contributed by atoms with Crippen molar-refractivity contribution >= 4 is 18.0 Å². The minimum absolute atomic E-state index is 0.0141. The van der Waals surface area contributed by atoms with E-state index in [9.17, 15) is 19.5 Å². The molecule has 0 radical (unpaired) electrons. The predicted molar refractivity (Wildman–Crippen MR) is 130 cm³/mol. The molecule has 7 nitrogen and oxygen atoms in total. The number of benzene rings is 2. The first kappa shape index (κ1) is 25.3. The van der Waals surface area contributed by atoms with E-state index in [0.717, 1.165) is 11.1 Å². The molecule has 2 amide bonds. The lowest BCUT2D eigenvalue weighted by atomic mass is 9.98. The van der Waals surface area contributed by atoms with Crippen molar-refractivity contribution in [3.8, 4) is 11.1 Å². The molecular weight excluding hydrogens is 432 g/mol. The molecule has 0 saturated heterocycles. The largest absolute Gasteiger partial charge is 0.480 e. The lowest BCUT2D eigenvalue weighted by Gasteiger charge is -2.20. The van der Waals surface area contributed by atoms with Crippen LogP contribution in [0.15, 0.2) is 48.5 Å². The van der Waals surface area contributed by atoms with Crippen LogP contribution in [-0.2, 0) is 14.3 Å². The molecule has 0 heterocycles. The first-order valence-electron chi connectivity index (χ1n) is 11.9. The van der Waals surface area contributed by atoms with E-state index in [1.807, 2.05) is 45.0 Å². The Balaban J connectivity index is 1.50. The zero-order chi connectivity index (χ0) is 24.7. The lowest BCUT2D eigenvalue weighted by Crippen LogP contribution is -2.43. The number of rotatable bonds is 11. The van der Waals surface area contributed by atoms with Gasteiger partial charge in [0.05, 0.1) is 0 Å². The summed E-state index contributed by atoms with van der Waals surface area (Å²) < 4.78 is 5.55. The van der Waals surface area contributed by atoms with Crippen molar-refractivity contribution in [2.24, 2.45) is 11.8 Å². The second-order valence-electron chi connectivity index (χ2n) is 9.27. The van der Waals surface area contributed by atoms with Crippen LogP contribution in [0.3, 0.4) is 0 Å². The Bertz CT molecular complexity index is 974. The van der Waals surface area contributed by atoms with Gasteiger partial charge < -0.3 is 20.5 Å². The van der Waals surface area contributed by atoms with Crippen LogP contribution >= 0.6 is 0 Å². The average Bonchev–Trinajstić information content (AvgIpc) is 3.13. The number of fused-ring (bicyclic) bond motifs is 3. The minimum Gasteiger partial charge on any atom is -0.480 e. The Labute approximate surface area is 200 Å². The van der Waals surface area contributed by atoms with Gasteiger partial charge in [-0.1, -0.05) is 75.7 Å². The van der Waals surface area contributed by atoms with Crippen LogP contribution in [0.1, 0.15) is 57.1 Å². The first-order chi connectivity index (χ1) is 16.3. The standard InChI is InChI=1S/C27H34N2O5/c1-4-18(14-25(30)29-24(26(31)32)13-17(2)3)15-28-27(33)34-16-23-21-11-7-5-9-19(21)20-10-6-8-12-22(20)23/h5-12,17-18,23-24H,4,13-16H2,1-3H3,(H,28,33)(H,29,30)(H,31,32)/t18?,24-/m1/s1. The molecule has 2 atom stereocenters. The number of carboxylic acid groups (broad SMARTS) is 1. The van der Waals surface area contributed by atoms with Crippen molar-refractivity contribution in [3.63, 3.8) is 0 Å². The lowest BCUT2D eigenvalue weighted by molar-refractivity contribution is -0.142. The van der Waals surface area contributed by atoms with Crippen molar-refractivity contribution in [2.45, 2.75) is 52.0 Å². The number of nitrogens with one attached hydrogen (secondary N) is 2. The van der Waals surface area contributed by atoms with E-state index in [0.29, 0.717) is 12.8 Å². The van der Waals surface area contributed by atoms with Gasteiger partial charge in [0.15, 0.2) is 0 Å². The molecule has 0 aliphatic heterocycles. The van der Waals surface area contributed by atoms with E-state index in [1.54, 1.807) is 0 Å². The Hall–Kier alpha value is -3.35. The summed E-state index contributed by atoms with van der Waals surface area (Å²) in [6.45, 7) is 6.26. The van der Waals surface area contributed by atoms with E-state index in [1.165, 1.54) is 11.1 Å². The van der Waals surface area contributed by atoms with Gasteiger partial charge in [0.1, 0.15) is 12.6 Å². The van der Waals surface area contributed by atoms with Crippen LogP contribution in [0.2, 0.25) is 0 Å². The SMILES string of the molecule is CCC(CNC(=O)OCC1c2ccccc2-c2ccccc21)CC(=O)N[C@H](CC(C)C)C(=O)O. The van der Waals surface area contributed by atoms with Crippen LogP contribution in [0, 0.1) is 11.8 Å². The molecule has 3 rings (SSSR count). The molecule has 2 aromatic carbocycles. The van der Waals surface area contributed by atoms with Crippen LogP contribution < -0.4 is 10.6 Å². The topological polar surface area (TPSA) is 105 Å².